The fraction of sp³-hybridized carbons (Fsp3) is 0.379. The Morgan fingerprint density at radius 2 is 2.08 bits per heavy atom. The number of anilines is 1. The summed E-state index contributed by atoms with van der Waals surface area (Å²) in [5.74, 6) is 0.795. The number of hydrogen-bond acceptors (Lipinski definition) is 7. The largest absolute Gasteiger partial charge is 0.384 e. The summed E-state index contributed by atoms with van der Waals surface area (Å²) in [5.41, 5.74) is 4.11. The number of benzene rings is 1. The van der Waals surface area contributed by atoms with Crippen LogP contribution in [0.4, 0.5) is 5.00 Å². The standard InChI is InChI=1S/C12H16N2OS.C9H13NO.C8H9NO/c1-14-12-10(6-13)9-4-3-8(7-15-2)5-11(9)16-12;1-4-10-7-9(3)8(2)5-6-11;10-7-9-6-8-4-2-1-3-5-8/h8,14H,3-5,7H2,1-2H3;4,6-8H,1,3,5H2,2H3;1-5,7H,6H2,(H,9,10). The predicted molar refractivity (Wildman–Crippen MR) is 153 cm³/mol. The number of nitriles is 1. The number of nitrogens with one attached hydrogen (secondary N) is 2. The average Bonchev–Trinajstić information content (AvgIpc) is 3.29. The summed E-state index contributed by atoms with van der Waals surface area (Å²) >= 11 is 1.73. The van der Waals surface area contributed by atoms with E-state index in [1.54, 1.807) is 24.7 Å². The van der Waals surface area contributed by atoms with Crippen LogP contribution < -0.4 is 10.6 Å². The van der Waals surface area contributed by atoms with Crippen LogP contribution in [0, 0.1) is 23.2 Å². The zero-order valence-electron chi connectivity index (χ0n) is 22.0. The molecule has 2 aromatic rings. The number of amides is 1. The summed E-state index contributed by atoms with van der Waals surface area (Å²) in [6, 6.07) is 12.1. The maximum atomic E-state index is 10.1. The second kappa shape index (κ2) is 18.7. The van der Waals surface area contributed by atoms with Gasteiger partial charge >= 0.3 is 0 Å². The molecule has 0 saturated carbocycles. The summed E-state index contributed by atoms with van der Waals surface area (Å²) in [5, 5.41) is 15.9. The maximum absolute atomic E-state index is 10.1. The van der Waals surface area contributed by atoms with Crippen molar-refractivity contribution >= 4 is 35.2 Å². The molecule has 0 spiro atoms. The van der Waals surface area contributed by atoms with Crippen LogP contribution in [-0.4, -0.2) is 39.7 Å². The summed E-state index contributed by atoms with van der Waals surface area (Å²) in [4.78, 5) is 25.1. The monoisotopic (exact) mass is 522 g/mol. The van der Waals surface area contributed by atoms with E-state index in [2.05, 4.69) is 34.9 Å². The SMILES string of the molecule is C=CN=CC(=C)C(C)CC=O.CNc1sc2c(c1C#N)CCC(COC)C2.O=CNCc1ccccc1. The third kappa shape index (κ3) is 11.4. The Morgan fingerprint density at radius 3 is 2.65 bits per heavy atom. The van der Waals surface area contributed by atoms with Crippen molar-refractivity contribution in [3.05, 3.63) is 76.8 Å². The number of nitrogens with zero attached hydrogens (tertiary/aromatic N) is 2. The van der Waals surface area contributed by atoms with Crippen molar-refractivity contribution in [2.24, 2.45) is 16.8 Å². The fourth-order valence-corrected chi connectivity index (χ4v) is 4.92. The van der Waals surface area contributed by atoms with E-state index in [1.807, 2.05) is 44.3 Å². The molecule has 8 heteroatoms. The van der Waals surface area contributed by atoms with E-state index < -0.39 is 0 Å². The molecule has 0 saturated heterocycles. The van der Waals surface area contributed by atoms with Crippen molar-refractivity contribution in [3.63, 3.8) is 0 Å². The lowest BCUT2D eigenvalue weighted by molar-refractivity contribution is -0.110. The van der Waals surface area contributed by atoms with Crippen molar-refractivity contribution in [2.75, 3.05) is 26.1 Å². The number of aldehydes is 1. The van der Waals surface area contributed by atoms with Crippen LogP contribution in [0.2, 0.25) is 0 Å². The number of fused-ring (bicyclic) bond motifs is 1. The van der Waals surface area contributed by atoms with Crippen LogP contribution in [0.25, 0.3) is 0 Å². The topological polar surface area (TPSA) is 104 Å². The first-order valence-corrected chi connectivity index (χ1v) is 13.0. The number of carbonyl (C=O) groups is 2. The third-order valence-electron chi connectivity index (χ3n) is 5.77. The van der Waals surface area contributed by atoms with Crippen molar-refractivity contribution in [2.45, 2.75) is 39.2 Å². The maximum Gasteiger partial charge on any atom is 0.207 e. The number of thiophene rings is 1. The highest BCUT2D eigenvalue weighted by Gasteiger charge is 2.25. The first kappa shape index (κ1) is 31.5. The first-order chi connectivity index (χ1) is 17.9. The van der Waals surface area contributed by atoms with Gasteiger partial charge in [0.25, 0.3) is 0 Å². The lowest BCUT2D eigenvalue weighted by Crippen LogP contribution is -2.17. The van der Waals surface area contributed by atoms with E-state index in [-0.39, 0.29) is 5.92 Å². The van der Waals surface area contributed by atoms with Gasteiger partial charge in [-0.3, -0.25) is 9.79 Å². The van der Waals surface area contributed by atoms with Crippen LogP contribution in [-0.2, 0) is 33.7 Å². The summed E-state index contributed by atoms with van der Waals surface area (Å²) in [6.07, 6.45) is 8.37. The number of allylic oxidation sites excluding steroid dienone is 1. The van der Waals surface area contributed by atoms with Gasteiger partial charge in [-0.1, -0.05) is 50.4 Å². The molecular weight excluding hydrogens is 484 g/mol. The molecule has 1 heterocycles. The van der Waals surface area contributed by atoms with Crippen LogP contribution in [0.3, 0.4) is 0 Å². The van der Waals surface area contributed by atoms with Crippen LogP contribution in [0.15, 0.2) is 60.3 Å². The number of hydrogen-bond donors (Lipinski definition) is 2. The van der Waals surface area contributed by atoms with E-state index in [0.29, 0.717) is 25.3 Å². The van der Waals surface area contributed by atoms with Crippen molar-refractivity contribution in [3.8, 4) is 6.07 Å². The molecule has 1 aliphatic carbocycles. The van der Waals surface area contributed by atoms with E-state index >= 15 is 0 Å². The molecule has 1 aliphatic rings. The van der Waals surface area contributed by atoms with E-state index in [9.17, 15) is 9.59 Å². The Bertz CT molecular complexity index is 1060. The van der Waals surface area contributed by atoms with Gasteiger partial charge in [0.05, 0.1) is 5.56 Å². The highest BCUT2D eigenvalue weighted by molar-refractivity contribution is 7.16. The number of ether oxygens (including phenoxy) is 1. The predicted octanol–water partition coefficient (Wildman–Crippen LogP) is 5.33. The first-order valence-electron chi connectivity index (χ1n) is 12.1. The number of rotatable bonds is 11. The van der Waals surface area contributed by atoms with Crippen molar-refractivity contribution in [1.82, 2.24) is 5.32 Å². The minimum Gasteiger partial charge on any atom is -0.384 e. The molecule has 3 rings (SSSR count). The molecule has 1 aromatic heterocycles. The van der Waals surface area contributed by atoms with Crippen LogP contribution >= 0.6 is 11.3 Å². The minimum atomic E-state index is 0.177. The van der Waals surface area contributed by atoms with Gasteiger partial charge in [0.15, 0.2) is 0 Å². The molecule has 0 radical (unpaired) electrons. The van der Waals surface area contributed by atoms with Crippen LogP contribution in [0.1, 0.15) is 41.3 Å². The lowest BCUT2D eigenvalue weighted by Gasteiger charge is -2.21. The summed E-state index contributed by atoms with van der Waals surface area (Å²) < 4.78 is 5.21. The van der Waals surface area contributed by atoms with Crippen molar-refractivity contribution < 1.29 is 14.3 Å². The quantitative estimate of drug-likeness (QED) is 0.307. The summed E-state index contributed by atoms with van der Waals surface area (Å²) in [7, 11) is 3.63. The van der Waals surface area contributed by atoms with Gasteiger partial charge in [-0.2, -0.15) is 5.26 Å². The molecule has 0 aliphatic heterocycles. The van der Waals surface area contributed by atoms with Crippen LogP contribution in [0.5, 0.6) is 0 Å². The molecule has 2 atom stereocenters. The Kier molecular flexibility index (Phi) is 15.9. The van der Waals surface area contributed by atoms with E-state index in [4.69, 9.17) is 10.00 Å². The zero-order chi connectivity index (χ0) is 27.5. The number of carbonyl (C=O) groups excluding carboxylic acids is 2. The summed E-state index contributed by atoms with van der Waals surface area (Å²) in [6.45, 7) is 10.6. The smallest absolute Gasteiger partial charge is 0.207 e. The van der Waals surface area contributed by atoms with Gasteiger partial charge in [-0.25, -0.2) is 0 Å². The van der Waals surface area contributed by atoms with Gasteiger partial charge in [-0.15, -0.1) is 11.3 Å². The minimum absolute atomic E-state index is 0.177. The normalized spacial score (nSPS) is 14.4. The molecule has 1 aromatic carbocycles. The highest BCUT2D eigenvalue weighted by atomic mass is 32.1. The molecule has 1 amide bonds. The van der Waals surface area contributed by atoms with Gasteiger partial charge in [0, 0.05) is 51.0 Å². The van der Waals surface area contributed by atoms with E-state index in [1.165, 1.54) is 16.6 Å². The Labute approximate surface area is 225 Å². The number of aliphatic imine (C=N–C) groups is 1. The molecule has 2 unspecified atom stereocenters. The Morgan fingerprint density at radius 1 is 1.35 bits per heavy atom. The molecule has 0 bridgehead atoms. The lowest BCUT2D eigenvalue weighted by atomic mass is 9.88. The van der Waals surface area contributed by atoms with E-state index in [0.717, 1.165) is 53.9 Å². The highest BCUT2D eigenvalue weighted by Crippen LogP contribution is 2.39. The van der Waals surface area contributed by atoms with Crippen molar-refractivity contribution in [1.29, 1.82) is 5.26 Å². The molecule has 7 nitrogen and oxygen atoms in total. The second-order valence-electron chi connectivity index (χ2n) is 8.46. The fourth-order valence-electron chi connectivity index (χ4n) is 3.65. The van der Waals surface area contributed by atoms with Gasteiger partial charge < -0.3 is 20.2 Å². The Hall–Kier alpha value is -3.54. The molecular formula is C29H38N4O3S. The third-order valence-corrected chi connectivity index (χ3v) is 7.04. The average molecular weight is 523 g/mol. The molecule has 2 N–H and O–H groups in total. The number of methoxy groups -OCH3 is 1. The second-order valence-corrected chi connectivity index (χ2v) is 9.56. The van der Waals surface area contributed by atoms with Gasteiger partial charge in [-0.05, 0) is 47.8 Å². The van der Waals surface area contributed by atoms with Gasteiger partial charge in [0.1, 0.15) is 17.4 Å². The molecule has 0 fully saturated rings. The molecule has 198 valence electrons. The Balaban J connectivity index is 0.000000289. The zero-order valence-corrected chi connectivity index (χ0v) is 22.9. The molecule has 37 heavy (non-hydrogen) atoms. The van der Waals surface area contributed by atoms with Gasteiger partial charge in [0.2, 0.25) is 6.41 Å².